The number of nitrogens with zero attached hydrogens (tertiary/aromatic N) is 4. The molecule has 1 saturated heterocycles. The van der Waals surface area contributed by atoms with Crippen LogP contribution < -0.4 is 10.6 Å². The minimum absolute atomic E-state index is 0.393. The molecular formula is C9H17N5S. The Morgan fingerprint density at radius 2 is 2.07 bits per heavy atom. The Kier molecular flexibility index (Phi) is 3.06. The van der Waals surface area contributed by atoms with Crippen molar-refractivity contribution in [3.05, 3.63) is 0 Å². The van der Waals surface area contributed by atoms with Crippen molar-refractivity contribution in [3.63, 3.8) is 0 Å². The second kappa shape index (κ2) is 4.32. The third-order valence-electron chi connectivity index (χ3n) is 2.90. The molecule has 0 unspecified atom stereocenters. The van der Waals surface area contributed by atoms with Crippen LogP contribution in [0.15, 0.2) is 0 Å². The summed E-state index contributed by atoms with van der Waals surface area (Å²) >= 11 is 1.39. The second-order valence-corrected chi connectivity index (χ2v) is 4.85. The van der Waals surface area contributed by atoms with Gasteiger partial charge in [-0.15, -0.1) is 0 Å². The Morgan fingerprint density at radius 3 is 2.53 bits per heavy atom. The quantitative estimate of drug-likeness (QED) is 0.804. The van der Waals surface area contributed by atoms with E-state index in [9.17, 15) is 0 Å². The molecule has 0 radical (unpaired) electrons. The molecule has 84 valence electrons. The smallest absolute Gasteiger partial charge is 0.233 e. The third kappa shape index (κ3) is 2.38. The lowest BCUT2D eigenvalue weighted by atomic mass is 10.0. The molecule has 15 heavy (non-hydrogen) atoms. The van der Waals surface area contributed by atoms with E-state index in [-0.39, 0.29) is 0 Å². The molecule has 1 aromatic rings. The lowest BCUT2D eigenvalue weighted by Gasteiger charge is -2.34. The highest BCUT2D eigenvalue weighted by atomic mass is 32.1. The van der Waals surface area contributed by atoms with E-state index in [0.717, 1.165) is 18.2 Å². The lowest BCUT2D eigenvalue weighted by molar-refractivity contribution is 0.249. The number of piperidine rings is 1. The molecule has 1 aliphatic rings. The van der Waals surface area contributed by atoms with Crippen LogP contribution in [0.4, 0.5) is 11.1 Å². The van der Waals surface area contributed by atoms with E-state index in [0.29, 0.717) is 12.0 Å². The third-order valence-corrected chi connectivity index (χ3v) is 3.69. The van der Waals surface area contributed by atoms with Crippen LogP contribution in [0.25, 0.3) is 0 Å². The van der Waals surface area contributed by atoms with Gasteiger partial charge in [-0.1, -0.05) is 0 Å². The molecule has 2 N–H and O–H groups in total. The van der Waals surface area contributed by atoms with E-state index < -0.39 is 0 Å². The highest BCUT2D eigenvalue weighted by molar-refractivity contribution is 7.09. The first-order chi connectivity index (χ1) is 7.16. The number of hydrogen-bond acceptors (Lipinski definition) is 6. The summed E-state index contributed by atoms with van der Waals surface area (Å²) in [6.45, 7) is 2.11. The van der Waals surface area contributed by atoms with Crippen molar-refractivity contribution >= 4 is 22.6 Å². The normalized spacial score (nSPS) is 18.7. The molecule has 1 aliphatic heterocycles. The SMILES string of the molecule is CN(C)C1CCN(c2nc(N)ns2)CC1. The van der Waals surface area contributed by atoms with Gasteiger partial charge in [0, 0.05) is 30.7 Å². The van der Waals surface area contributed by atoms with Crippen LogP contribution in [0.2, 0.25) is 0 Å². The topological polar surface area (TPSA) is 58.3 Å². The van der Waals surface area contributed by atoms with Crippen LogP contribution in [-0.2, 0) is 0 Å². The Bertz CT molecular complexity index is 316. The van der Waals surface area contributed by atoms with E-state index in [1.54, 1.807) is 0 Å². The second-order valence-electron chi connectivity index (χ2n) is 4.12. The van der Waals surface area contributed by atoms with E-state index in [4.69, 9.17) is 5.73 Å². The van der Waals surface area contributed by atoms with Crippen molar-refractivity contribution in [1.29, 1.82) is 0 Å². The lowest BCUT2D eigenvalue weighted by Crippen LogP contribution is -2.41. The molecule has 6 heteroatoms. The van der Waals surface area contributed by atoms with E-state index in [1.807, 2.05) is 0 Å². The van der Waals surface area contributed by atoms with Crippen molar-refractivity contribution in [1.82, 2.24) is 14.3 Å². The van der Waals surface area contributed by atoms with Crippen molar-refractivity contribution in [2.75, 3.05) is 37.8 Å². The van der Waals surface area contributed by atoms with E-state index in [2.05, 4.69) is 33.3 Å². The average molecular weight is 227 g/mol. The Morgan fingerprint density at radius 1 is 1.40 bits per heavy atom. The zero-order chi connectivity index (χ0) is 10.8. The fourth-order valence-corrected chi connectivity index (χ4v) is 2.58. The molecule has 0 saturated carbocycles. The van der Waals surface area contributed by atoms with Gasteiger partial charge in [0.2, 0.25) is 11.1 Å². The maximum Gasteiger partial charge on any atom is 0.233 e. The molecule has 1 aromatic heterocycles. The van der Waals surface area contributed by atoms with Gasteiger partial charge in [0.25, 0.3) is 0 Å². The van der Waals surface area contributed by atoms with Crippen LogP contribution >= 0.6 is 11.5 Å². The molecule has 2 heterocycles. The minimum Gasteiger partial charge on any atom is -0.367 e. The zero-order valence-electron chi connectivity index (χ0n) is 9.18. The maximum atomic E-state index is 5.51. The molecule has 1 fully saturated rings. The fourth-order valence-electron chi connectivity index (χ4n) is 1.93. The van der Waals surface area contributed by atoms with Crippen LogP contribution in [0.5, 0.6) is 0 Å². The van der Waals surface area contributed by atoms with Gasteiger partial charge in [-0.3, -0.25) is 0 Å². The van der Waals surface area contributed by atoms with Gasteiger partial charge in [0.05, 0.1) is 0 Å². The van der Waals surface area contributed by atoms with Gasteiger partial charge in [-0.25, -0.2) is 0 Å². The van der Waals surface area contributed by atoms with E-state index in [1.165, 1.54) is 24.4 Å². The van der Waals surface area contributed by atoms with Gasteiger partial charge in [-0.2, -0.15) is 9.36 Å². The summed E-state index contributed by atoms with van der Waals surface area (Å²) in [5.74, 6) is 0.393. The molecule has 0 aromatic carbocycles. The molecule has 0 bridgehead atoms. The van der Waals surface area contributed by atoms with Crippen molar-refractivity contribution in [2.24, 2.45) is 0 Å². The molecule has 2 rings (SSSR count). The molecule has 0 atom stereocenters. The fraction of sp³-hybridized carbons (Fsp3) is 0.778. The van der Waals surface area contributed by atoms with Crippen LogP contribution in [0.3, 0.4) is 0 Å². The zero-order valence-corrected chi connectivity index (χ0v) is 10.00. The highest BCUT2D eigenvalue weighted by Gasteiger charge is 2.22. The van der Waals surface area contributed by atoms with E-state index >= 15 is 0 Å². The number of aromatic nitrogens is 2. The molecule has 0 spiro atoms. The van der Waals surface area contributed by atoms with Gasteiger partial charge in [-0.05, 0) is 26.9 Å². The van der Waals surface area contributed by atoms with Crippen LogP contribution in [-0.4, -0.2) is 47.5 Å². The standard InChI is InChI=1S/C9H17N5S/c1-13(2)7-3-5-14(6-4-7)9-11-8(10)12-15-9/h7H,3-6H2,1-2H3,(H2,10,12). The summed E-state index contributed by atoms with van der Waals surface area (Å²) in [4.78, 5) is 8.77. The van der Waals surface area contributed by atoms with Crippen molar-refractivity contribution in [2.45, 2.75) is 18.9 Å². The first-order valence-corrected chi connectivity index (χ1v) is 5.94. The number of anilines is 2. The summed E-state index contributed by atoms with van der Waals surface area (Å²) in [5, 5.41) is 0.963. The Labute approximate surface area is 94.1 Å². The van der Waals surface area contributed by atoms with Gasteiger partial charge in [0.15, 0.2) is 0 Å². The monoisotopic (exact) mass is 227 g/mol. The average Bonchev–Trinajstić information content (AvgIpc) is 2.65. The minimum atomic E-state index is 0.393. The highest BCUT2D eigenvalue weighted by Crippen LogP contribution is 2.23. The number of nitrogens with two attached hydrogens (primary N) is 1. The first-order valence-electron chi connectivity index (χ1n) is 5.17. The molecule has 0 amide bonds. The Balaban J connectivity index is 1.93. The summed E-state index contributed by atoms with van der Waals surface area (Å²) in [6.07, 6.45) is 2.37. The number of nitrogen functional groups attached to an aromatic ring is 1. The first kappa shape index (κ1) is 10.6. The summed E-state index contributed by atoms with van der Waals surface area (Å²) < 4.78 is 4.00. The van der Waals surface area contributed by atoms with Crippen molar-refractivity contribution < 1.29 is 0 Å². The molecule has 5 nitrogen and oxygen atoms in total. The Hall–Kier alpha value is -0.880. The number of hydrogen-bond donors (Lipinski definition) is 1. The number of rotatable bonds is 2. The predicted octanol–water partition coefficient (Wildman–Crippen LogP) is 0.651. The van der Waals surface area contributed by atoms with Crippen LogP contribution in [0, 0.1) is 0 Å². The molecular weight excluding hydrogens is 210 g/mol. The van der Waals surface area contributed by atoms with Crippen LogP contribution in [0.1, 0.15) is 12.8 Å². The van der Waals surface area contributed by atoms with Crippen molar-refractivity contribution in [3.8, 4) is 0 Å². The summed E-state index contributed by atoms with van der Waals surface area (Å²) in [5.41, 5.74) is 5.51. The predicted molar refractivity (Wildman–Crippen MR) is 63.2 cm³/mol. The summed E-state index contributed by atoms with van der Waals surface area (Å²) in [6, 6.07) is 0.700. The van der Waals surface area contributed by atoms with Gasteiger partial charge >= 0.3 is 0 Å². The van der Waals surface area contributed by atoms with Gasteiger partial charge in [0.1, 0.15) is 0 Å². The maximum absolute atomic E-state index is 5.51. The largest absolute Gasteiger partial charge is 0.367 e. The van der Waals surface area contributed by atoms with Gasteiger partial charge < -0.3 is 15.5 Å². The summed E-state index contributed by atoms with van der Waals surface area (Å²) in [7, 11) is 4.28. The molecule has 0 aliphatic carbocycles.